The lowest BCUT2D eigenvalue weighted by molar-refractivity contribution is -0.226. The monoisotopic (exact) mass is 539 g/mol. The lowest BCUT2D eigenvalue weighted by atomic mass is 9.72. The summed E-state index contributed by atoms with van der Waals surface area (Å²) in [6, 6.07) is 5.05. The van der Waals surface area contributed by atoms with Gasteiger partial charge in [-0.05, 0) is 38.8 Å². The quantitative estimate of drug-likeness (QED) is 0.514. The van der Waals surface area contributed by atoms with Crippen LogP contribution in [0.5, 0.6) is 5.88 Å². The molecule has 2 bridgehead atoms. The largest absolute Gasteiger partial charge is 0.473 e. The number of nitrogens with zero attached hydrogens (tertiary/aromatic N) is 4. The molecule has 2 aromatic rings. The summed E-state index contributed by atoms with van der Waals surface area (Å²) in [4.78, 5) is 27.0. The lowest BCUT2D eigenvalue weighted by Gasteiger charge is -2.51. The topological polar surface area (TPSA) is 99.4 Å². The molecule has 10 nitrogen and oxygen atoms in total. The molecule has 38 heavy (non-hydrogen) atoms. The standard InChI is InChI=1S/C27H30ClN5O5/c1-16-23(32-21-5-4-19(29-3)10-20(21)28)30-15-31-24(16)37-22-17-11-27(35-8-9-36-27)12-18(22)14-33(13-17)25(34)38-26(2)6-7-26/h4-5,10,15,17-18,22H,6-9,11-14H2,1-2H3,(H,30,31,32). The van der Waals surface area contributed by atoms with E-state index in [0.29, 0.717) is 67.2 Å². The van der Waals surface area contributed by atoms with Gasteiger partial charge in [0.15, 0.2) is 11.5 Å². The maximum absolute atomic E-state index is 12.9. The molecule has 2 saturated carbocycles. The number of piperidine rings is 1. The summed E-state index contributed by atoms with van der Waals surface area (Å²) < 4.78 is 24.5. The van der Waals surface area contributed by atoms with Crippen LogP contribution in [0.1, 0.15) is 38.2 Å². The highest BCUT2D eigenvalue weighted by Gasteiger charge is 2.55. The van der Waals surface area contributed by atoms with E-state index in [1.807, 2.05) is 18.7 Å². The fraction of sp³-hybridized carbons (Fsp3) is 0.556. The Morgan fingerprint density at radius 3 is 2.55 bits per heavy atom. The highest BCUT2D eigenvalue weighted by Crippen LogP contribution is 2.47. The number of ether oxygens (including phenoxy) is 4. The zero-order chi connectivity index (χ0) is 26.5. The SMILES string of the molecule is [C-]#[N+]c1ccc(Nc2ncnc(OC3C4CN(C(=O)OC5(C)CC5)CC3CC3(C4)OCCO3)c2C)c(Cl)c1. The van der Waals surface area contributed by atoms with Crippen LogP contribution in [0.15, 0.2) is 24.5 Å². The first kappa shape index (κ1) is 25.2. The number of amides is 1. The number of nitrogens with one attached hydrogen (secondary N) is 1. The normalized spacial score (nSPS) is 26.5. The summed E-state index contributed by atoms with van der Waals surface area (Å²) >= 11 is 6.37. The van der Waals surface area contributed by atoms with Gasteiger partial charge in [-0.1, -0.05) is 17.7 Å². The fourth-order valence-corrected chi connectivity index (χ4v) is 5.94. The van der Waals surface area contributed by atoms with Gasteiger partial charge >= 0.3 is 6.09 Å². The minimum Gasteiger partial charge on any atom is -0.473 e. The average molecular weight is 540 g/mol. The molecule has 1 amide bonds. The van der Waals surface area contributed by atoms with Gasteiger partial charge < -0.3 is 29.2 Å². The van der Waals surface area contributed by atoms with E-state index in [1.54, 1.807) is 18.2 Å². The predicted molar refractivity (Wildman–Crippen MR) is 139 cm³/mol. The van der Waals surface area contributed by atoms with Gasteiger partial charge in [-0.3, -0.25) is 0 Å². The third-order valence-electron chi connectivity index (χ3n) is 7.97. The van der Waals surface area contributed by atoms with Gasteiger partial charge in [-0.2, -0.15) is 0 Å². The van der Waals surface area contributed by atoms with E-state index in [1.165, 1.54) is 6.33 Å². The number of hydrogen-bond acceptors (Lipinski definition) is 8. The summed E-state index contributed by atoms with van der Waals surface area (Å²) in [5.41, 5.74) is 1.52. The van der Waals surface area contributed by atoms with Crippen LogP contribution in [-0.2, 0) is 14.2 Å². The first-order chi connectivity index (χ1) is 18.3. The zero-order valence-electron chi connectivity index (χ0n) is 21.4. The molecule has 2 unspecified atom stereocenters. The molecular weight excluding hydrogens is 510 g/mol. The van der Waals surface area contributed by atoms with Crippen LogP contribution in [0.25, 0.3) is 4.85 Å². The van der Waals surface area contributed by atoms with Crippen molar-refractivity contribution >= 4 is 34.9 Å². The minimum absolute atomic E-state index is 0.0125. The van der Waals surface area contributed by atoms with Crippen molar-refractivity contribution in [3.05, 3.63) is 46.5 Å². The van der Waals surface area contributed by atoms with E-state index in [4.69, 9.17) is 37.1 Å². The lowest BCUT2D eigenvalue weighted by Crippen LogP contribution is -2.61. The number of halogens is 1. The van der Waals surface area contributed by atoms with E-state index in [9.17, 15) is 4.79 Å². The van der Waals surface area contributed by atoms with Gasteiger partial charge in [0.1, 0.15) is 23.9 Å². The maximum Gasteiger partial charge on any atom is 0.410 e. The molecule has 1 spiro atoms. The summed E-state index contributed by atoms with van der Waals surface area (Å²) in [7, 11) is 0. The Balaban J connectivity index is 1.21. The van der Waals surface area contributed by atoms with Gasteiger partial charge in [0.25, 0.3) is 0 Å². The van der Waals surface area contributed by atoms with E-state index in [-0.39, 0.29) is 29.6 Å². The number of hydrogen-bond donors (Lipinski definition) is 1. The number of fused-ring (bicyclic) bond motifs is 2. The van der Waals surface area contributed by atoms with Crippen molar-refractivity contribution in [3.8, 4) is 5.88 Å². The summed E-state index contributed by atoms with van der Waals surface area (Å²) in [6.07, 6.45) is 4.11. The summed E-state index contributed by atoms with van der Waals surface area (Å²) in [5, 5.41) is 3.66. The maximum atomic E-state index is 12.9. The molecule has 1 aromatic carbocycles. The van der Waals surface area contributed by atoms with Crippen molar-refractivity contribution in [1.82, 2.24) is 14.9 Å². The van der Waals surface area contributed by atoms with E-state index in [0.717, 1.165) is 18.4 Å². The molecular formula is C27H30ClN5O5. The predicted octanol–water partition coefficient (Wildman–Crippen LogP) is 5.25. The molecule has 1 N–H and O–H groups in total. The Kier molecular flexibility index (Phi) is 6.33. The molecule has 4 aliphatic rings. The third-order valence-corrected chi connectivity index (χ3v) is 8.28. The number of rotatable bonds is 5. The van der Waals surface area contributed by atoms with Gasteiger partial charge in [-0.25, -0.2) is 19.6 Å². The second kappa shape index (κ2) is 9.56. The minimum atomic E-state index is -0.616. The molecule has 6 rings (SSSR count). The molecule has 200 valence electrons. The fourth-order valence-electron chi connectivity index (χ4n) is 5.71. The zero-order valence-corrected chi connectivity index (χ0v) is 22.2. The molecule has 0 radical (unpaired) electrons. The van der Waals surface area contributed by atoms with Gasteiger partial charge in [0.05, 0.1) is 36.1 Å². The molecule has 2 saturated heterocycles. The molecule has 2 atom stereocenters. The van der Waals surface area contributed by atoms with Crippen LogP contribution in [-0.4, -0.2) is 64.8 Å². The van der Waals surface area contributed by atoms with Gasteiger partial charge in [-0.15, -0.1) is 0 Å². The van der Waals surface area contributed by atoms with Crippen LogP contribution >= 0.6 is 11.6 Å². The second-order valence-electron chi connectivity index (χ2n) is 10.9. The first-order valence-electron chi connectivity index (χ1n) is 12.9. The van der Waals surface area contributed by atoms with Crippen LogP contribution in [0.4, 0.5) is 22.0 Å². The Morgan fingerprint density at radius 1 is 1.21 bits per heavy atom. The molecule has 2 aliphatic carbocycles. The third kappa shape index (κ3) is 4.86. The first-order valence-corrected chi connectivity index (χ1v) is 13.3. The van der Waals surface area contributed by atoms with Gasteiger partial charge in [0, 0.05) is 37.8 Å². The number of carbonyl (C=O) groups excluding carboxylic acids is 1. The highest BCUT2D eigenvalue weighted by atomic mass is 35.5. The van der Waals surface area contributed by atoms with Crippen molar-refractivity contribution < 1.29 is 23.7 Å². The molecule has 2 aliphatic heterocycles. The summed E-state index contributed by atoms with van der Waals surface area (Å²) in [6.45, 7) is 13.2. The van der Waals surface area contributed by atoms with Gasteiger partial charge in [0.2, 0.25) is 5.88 Å². The number of carbonyl (C=O) groups is 1. The van der Waals surface area contributed by atoms with Crippen LogP contribution < -0.4 is 10.1 Å². The van der Waals surface area contributed by atoms with E-state index >= 15 is 0 Å². The van der Waals surface area contributed by atoms with Crippen LogP contribution in [0.3, 0.4) is 0 Å². The highest BCUT2D eigenvalue weighted by molar-refractivity contribution is 6.33. The Hall–Kier alpha value is -3.13. The smallest absolute Gasteiger partial charge is 0.410 e. The van der Waals surface area contributed by atoms with Crippen molar-refractivity contribution in [2.75, 3.05) is 31.6 Å². The van der Waals surface area contributed by atoms with Crippen molar-refractivity contribution in [2.24, 2.45) is 11.8 Å². The van der Waals surface area contributed by atoms with Crippen molar-refractivity contribution in [3.63, 3.8) is 0 Å². The number of benzene rings is 1. The molecule has 11 heteroatoms. The second-order valence-corrected chi connectivity index (χ2v) is 11.3. The van der Waals surface area contributed by atoms with Crippen LogP contribution in [0, 0.1) is 25.3 Å². The Bertz CT molecular complexity index is 1270. The van der Waals surface area contributed by atoms with Crippen molar-refractivity contribution in [2.45, 2.75) is 57.0 Å². The number of aromatic nitrogens is 2. The number of anilines is 2. The van der Waals surface area contributed by atoms with Crippen LogP contribution in [0.2, 0.25) is 5.02 Å². The molecule has 1 aromatic heterocycles. The van der Waals surface area contributed by atoms with E-state index in [2.05, 4.69) is 20.1 Å². The molecule has 4 fully saturated rings. The molecule has 3 heterocycles. The number of likely N-dealkylation sites (tertiary alicyclic amines) is 1. The Morgan fingerprint density at radius 2 is 1.92 bits per heavy atom. The Labute approximate surface area is 226 Å². The van der Waals surface area contributed by atoms with E-state index < -0.39 is 5.79 Å². The average Bonchev–Trinajstić information content (AvgIpc) is 3.44. The van der Waals surface area contributed by atoms with Crippen molar-refractivity contribution in [1.29, 1.82) is 0 Å². The summed E-state index contributed by atoms with van der Waals surface area (Å²) in [5.74, 6) is 0.399.